The summed E-state index contributed by atoms with van der Waals surface area (Å²) in [5, 5.41) is 2.63. The van der Waals surface area contributed by atoms with E-state index >= 15 is 0 Å². The Bertz CT molecular complexity index is 364. The van der Waals surface area contributed by atoms with Crippen LogP contribution in [0.3, 0.4) is 0 Å². The van der Waals surface area contributed by atoms with Gasteiger partial charge in [0.05, 0.1) is 9.90 Å². The Labute approximate surface area is 99.5 Å². The highest BCUT2D eigenvalue weighted by atomic mass is 35.5. The first-order valence-corrected chi connectivity index (χ1v) is 6.71. The number of ketones is 1. The average molecular weight is 243 g/mol. The van der Waals surface area contributed by atoms with Crippen molar-refractivity contribution in [3.63, 3.8) is 0 Å². The summed E-state index contributed by atoms with van der Waals surface area (Å²) >= 11 is 7.56. The zero-order valence-corrected chi connectivity index (χ0v) is 10.5. The Hall–Kier alpha value is -0.340. The van der Waals surface area contributed by atoms with Crippen molar-refractivity contribution in [1.82, 2.24) is 0 Å². The van der Waals surface area contributed by atoms with Gasteiger partial charge in [-0.15, -0.1) is 11.3 Å². The lowest BCUT2D eigenvalue weighted by molar-refractivity contribution is 0.0966. The van der Waals surface area contributed by atoms with Gasteiger partial charge < -0.3 is 0 Å². The summed E-state index contributed by atoms with van der Waals surface area (Å²) in [6.07, 6.45) is 5.70. The molecule has 1 fully saturated rings. The van der Waals surface area contributed by atoms with E-state index in [2.05, 4.69) is 0 Å². The van der Waals surface area contributed by atoms with Gasteiger partial charge >= 0.3 is 0 Å². The fourth-order valence-corrected chi connectivity index (χ4v) is 3.44. The van der Waals surface area contributed by atoms with E-state index in [4.69, 9.17) is 11.6 Å². The molecule has 1 heterocycles. The second kappa shape index (κ2) is 4.67. The molecule has 0 N–H and O–H groups in total. The molecule has 0 unspecified atom stereocenters. The van der Waals surface area contributed by atoms with Gasteiger partial charge in [0.1, 0.15) is 0 Å². The molecule has 0 saturated heterocycles. The summed E-state index contributed by atoms with van der Waals surface area (Å²) in [5.41, 5.74) is 1.02. The van der Waals surface area contributed by atoms with E-state index in [1.54, 1.807) is 0 Å². The molecule has 1 aromatic heterocycles. The lowest BCUT2D eigenvalue weighted by Gasteiger charge is -2.06. The van der Waals surface area contributed by atoms with Crippen molar-refractivity contribution in [2.24, 2.45) is 5.92 Å². The molecule has 1 aromatic rings. The first kappa shape index (κ1) is 11.2. The Balaban J connectivity index is 2.04. The fourth-order valence-electron chi connectivity index (χ4n) is 2.19. The van der Waals surface area contributed by atoms with Crippen molar-refractivity contribution >= 4 is 28.7 Å². The zero-order valence-electron chi connectivity index (χ0n) is 8.88. The summed E-state index contributed by atoms with van der Waals surface area (Å²) in [4.78, 5) is 12.7. The summed E-state index contributed by atoms with van der Waals surface area (Å²) in [6, 6.07) is 0. The molecule has 0 aromatic carbocycles. The topological polar surface area (TPSA) is 17.1 Å². The highest BCUT2D eigenvalue weighted by molar-refractivity contribution is 7.13. The molecule has 0 bridgehead atoms. The van der Waals surface area contributed by atoms with Gasteiger partial charge in [-0.25, -0.2) is 0 Å². The highest BCUT2D eigenvalue weighted by Crippen LogP contribution is 2.33. The van der Waals surface area contributed by atoms with E-state index in [0.717, 1.165) is 10.4 Å². The van der Waals surface area contributed by atoms with Crippen LogP contribution in [0.25, 0.3) is 0 Å². The van der Waals surface area contributed by atoms with E-state index < -0.39 is 0 Å². The molecule has 0 aliphatic heterocycles. The predicted molar refractivity (Wildman–Crippen MR) is 65.0 cm³/mol. The number of thiophene rings is 1. The number of Topliss-reactive ketones (excluding diaryl/α,β-unsaturated/α-hetero) is 1. The molecule has 0 atom stereocenters. The smallest absolute Gasteiger partial charge is 0.174 e. The third-order valence-corrected chi connectivity index (χ3v) is 4.84. The zero-order chi connectivity index (χ0) is 10.8. The van der Waals surface area contributed by atoms with Crippen LogP contribution >= 0.6 is 22.9 Å². The van der Waals surface area contributed by atoms with Crippen molar-refractivity contribution in [2.75, 3.05) is 0 Å². The van der Waals surface area contributed by atoms with Gasteiger partial charge in [-0.3, -0.25) is 4.79 Å². The SMILES string of the molecule is Cc1csc(C(=O)CC2CCCC2)c1Cl. The molecular weight excluding hydrogens is 228 g/mol. The van der Waals surface area contributed by atoms with Crippen LogP contribution in [0.15, 0.2) is 5.38 Å². The van der Waals surface area contributed by atoms with Crippen LogP contribution in [0, 0.1) is 12.8 Å². The third-order valence-electron chi connectivity index (χ3n) is 3.10. The summed E-state index contributed by atoms with van der Waals surface area (Å²) in [6.45, 7) is 1.95. The molecule has 1 aliphatic rings. The van der Waals surface area contributed by atoms with Gasteiger partial charge in [0, 0.05) is 6.42 Å². The standard InChI is InChI=1S/C12H15ClOS/c1-8-7-15-12(11(8)13)10(14)6-9-4-2-3-5-9/h7,9H,2-6H2,1H3. The average Bonchev–Trinajstić information content (AvgIpc) is 2.79. The van der Waals surface area contributed by atoms with Gasteiger partial charge in [0.2, 0.25) is 0 Å². The first-order valence-electron chi connectivity index (χ1n) is 5.45. The van der Waals surface area contributed by atoms with Crippen molar-refractivity contribution < 1.29 is 4.79 Å². The van der Waals surface area contributed by atoms with Gasteiger partial charge in [-0.05, 0) is 23.8 Å². The number of carbonyl (C=O) groups is 1. The minimum absolute atomic E-state index is 0.241. The summed E-state index contributed by atoms with van der Waals surface area (Å²) < 4.78 is 0. The molecule has 1 aliphatic carbocycles. The van der Waals surface area contributed by atoms with Crippen LogP contribution in [0.4, 0.5) is 0 Å². The maximum atomic E-state index is 12.0. The number of carbonyl (C=O) groups excluding carboxylic acids is 1. The van der Waals surface area contributed by atoms with Crippen LogP contribution in [0.5, 0.6) is 0 Å². The fraction of sp³-hybridized carbons (Fsp3) is 0.583. The van der Waals surface area contributed by atoms with Crippen LogP contribution in [-0.4, -0.2) is 5.78 Å². The summed E-state index contributed by atoms with van der Waals surface area (Å²) in [5.74, 6) is 0.848. The molecule has 2 rings (SSSR count). The Morgan fingerprint density at radius 2 is 2.20 bits per heavy atom. The van der Waals surface area contributed by atoms with Gasteiger partial charge in [-0.1, -0.05) is 37.3 Å². The second-order valence-corrected chi connectivity index (χ2v) is 5.60. The maximum absolute atomic E-state index is 12.0. The molecule has 0 amide bonds. The van der Waals surface area contributed by atoms with Crippen LogP contribution < -0.4 is 0 Å². The largest absolute Gasteiger partial charge is 0.293 e. The van der Waals surface area contributed by atoms with Gasteiger partial charge in [-0.2, -0.15) is 0 Å². The monoisotopic (exact) mass is 242 g/mol. The molecule has 0 radical (unpaired) electrons. The van der Waals surface area contributed by atoms with Crippen molar-refractivity contribution in [3.8, 4) is 0 Å². The van der Waals surface area contributed by atoms with Gasteiger partial charge in [0.25, 0.3) is 0 Å². The van der Waals surface area contributed by atoms with E-state index in [1.807, 2.05) is 12.3 Å². The van der Waals surface area contributed by atoms with E-state index in [-0.39, 0.29) is 5.78 Å². The Morgan fingerprint density at radius 3 is 2.73 bits per heavy atom. The molecule has 1 saturated carbocycles. The molecule has 15 heavy (non-hydrogen) atoms. The van der Waals surface area contributed by atoms with Crippen molar-refractivity contribution in [1.29, 1.82) is 0 Å². The number of hydrogen-bond acceptors (Lipinski definition) is 2. The summed E-state index contributed by atoms with van der Waals surface area (Å²) in [7, 11) is 0. The van der Waals surface area contributed by atoms with Crippen LogP contribution in [0.2, 0.25) is 5.02 Å². The number of rotatable bonds is 3. The minimum atomic E-state index is 0.241. The van der Waals surface area contributed by atoms with Crippen LogP contribution in [0.1, 0.15) is 47.3 Å². The second-order valence-electron chi connectivity index (χ2n) is 4.34. The van der Waals surface area contributed by atoms with Crippen molar-refractivity contribution in [3.05, 3.63) is 20.8 Å². The third kappa shape index (κ3) is 2.43. The van der Waals surface area contributed by atoms with Gasteiger partial charge in [0.15, 0.2) is 5.78 Å². The lowest BCUT2D eigenvalue weighted by Crippen LogP contribution is -2.04. The quantitative estimate of drug-likeness (QED) is 0.715. The van der Waals surface area contributed by atoms with Crippen molar-refractivity contribution in [2.45, 2.75) is 39.0 Å². The van der Waals surface area contributed by atoms with E-state index in [1.165, 1.54) is 37.0 Å². The molecule has 1 nitrogen and oxygen atoms in total. The number of hydrogen-bond donors (Lipinski definition) is 0. The number of halogens is 1. The molecule has 0 spiro atoms. The lowest BCUT2D eigenvalue weighted by atomic mass is 10.0. The first-order chi connectivity index (χ1) is 7.18. The molecule has 82 valence electrons. The van der Waals surface area contributed by atoms with Crippen LogP contribution in [-0.2, 0) is 0 Å². The normalized spacial score (nSPS) is 17.2. The molecular formula is C12H15ClOS. The Morgan fingerprint density at radius 1 is 1.53 bits per heavy atom. The predicted octanol–water partition coefficient (Wildman–Crippen LogP) is 4.47. The van der Waals surface area contributed by atoms with E-state index in [9.17, 15) is 4.79 Å². The Kier molecular flexibility index (Phi) is 3.47. The highest BCUT2D eigenvalue weighted by Gasteiger charge is 2.21. The van der Waals surface area contributed by atoms with E-state index in [0.29, 0.717) is 17.4 Å². The minimum Gasteiger partial charge on any atom is -0.293 e. The maximum Gasteiger partial charge on any atom is 0.174 e. The number of aryl methyl sites for hydroxylation is 1. The molecule has 3 heteroatoms.